The van der Waals surface area contributed by atoms with E-state index in [1.54, 1.807) is 0 Å². The van der Waals surface area contributed by atoms with E-state index in [9.17, 15) is 10.2 Å². The number of nitrogens with zero attached hydrogens (tertiary/aromatic N) is 1. The summed E-state index contributed by atoms with van der Waals surface area (Å²) in [5, 5.41) is 20.2. The third-order valence-electron chi connectivity index (χ3n) is 4.83. The average Bonchev–Trinajstić information content (AvgIpc) is 2.48. The summed E-state index contributed by atoms with van der Waals surface area (Å²) >= 11 is 0. The van der Waals surface area contributed by atoms with Crippen LogP contribution >= 0.6 is 0 Å². The van der Waals surface area contributed by atoms with Crippen molar-refractivity contribution >= 4 is 0 Å². The number of aliphatic hydroxyl groups is 2. The summed E-state index contributed by atoms with van der Waals surface area (Å²) in [7, 11) is 0. The standard InChI is InChI=1S/C14H27NO2/c1-13(2)5-4-11(12(13)16)10-15-8-6-14(3,17)7-9-15/h11-12,16-17H,4-10H2,1-3H3. The first-order chi connectivity index (χ1) is 7.80. The Kier molecular flexibility index (Phi) is 3.54. The average molecular weight is 241 g/mol. The van der Waals surface area contributed by atoms with Crippen molar-refractivity contribution < 1.29 is 10.2 Å². The molecule has 0 aromatic heterocycles. The molecule has 0 bridgehead atoms. The van der Waals surface area contributed by atoms with Gasteiger partial charge < -0.3 is 15.1 Å². The maximum absolute atomic E-state index is 10.3. The van der Waals surface area contributed by atoms with Crippen molar-refractivity contribution in [3.05, 3.63) is 0 Å². The highest BCUT2D eigenvalue weighted by Crippen LogP contribution is 2.41. The minimum absolute atomic E-state index is 0.0892. The molecule has 1 aliphatic heterocycles. The highest BCUT2D eigenvalue weighted by Gasteiger charge is 2.41. The number of hydrogen-bond acceptors (Lipinski definition) is 3. The Hall–Kier alpha value is -0.120. The Labute approximate surface area is 105 Å². The Morgan fingerprint density at radius 3 is 2.18 bits per heavy atom. The second-order valence-electron chi connectivity index (χ2n) is 7.03. The fourth-order valence-corrected chi connectivity index (χ4v) is 3.24. The zero-order chi connectivity index (χ0) is 12.7. The molecule has 0 spiro atoms. The van der Waals surface area contributed by atoms with E-state index in [4.69, 9.17) is 0 Å². The molecule has 2 atom stereocenters. The van der Waals surface area contributed by atoms with Gasteiger partial charge in [-0.25, -0.2) is 0 Å². The van der Waals surface area contributed by atoms with E-state index in [1.807, 2.05) is 6.92 Å². The van der Waals surface area contributed by atoms with Gasteiger partial charge in [0.15, 0.2) is 0 Å². The Bertz CT molecular complexity index is 265. The van der Waals surface area contributed by atoms with Crippen LogP contribution in [0.15, 0.2) is 0 Å². The number of rotatable bonds is 2. The van der Waals surface area contributed by atoms with Crippen LogP contribution in [0.25, 0.3) is 0 Å². The topological polar surface area (TPSA) is 43.7 Å². The van der Waals surface area contributed by atoms with Crippen LogP contribution in [0, 0.1) is 11.3 Å². The van der Waals surface area contributed by atoms with Gasteiger partial charge in [0.1, 0.15) is 0 Å². The predicted molar refractivity (Wildman–Crippen MR) is 68.8 cm³/mol. The molecule has 0 aromatic carbocycles. The van der Waals surface area contributed by atoms with Crippen molar-refractivity contribution in [1.29, 1.82) is 0 Å². The molecule has 1 aliphatic carbocycles. The van der Waals surface area contributed by atoms with E-state index >= 15 is 0 Å². The van der Waals surface area contributed by atoms with Gasteiger partial charge in [0, 0.05) is 19.6 Å². The highest BCUT2D eigenvalue weighted by atomic mass is 16.3. The molecule has 1 heterocycles. The van der Waals surface area contributed by atoms with Crippen LogP contribution in [-0.2, 0) is 0 Å². The fraction of sp³-hybridized carbons (Fsp3) is 1.00. The second-order valence-corrected chi connectivity index (χ2v) is 7.03. The fourth-order valence-electron chi connectivity index (χ4n) is 3.24. The van der Waals surface area contributed by atoms with E-state index in [0.29, 0.717) is 5.92 Å². The van der Waals surface area contributed by atoms with Crippen molar-refractivity contribution in [3.8, 4) is 0 Å². The first-order valence-corrected chi connectivity index (χ1v) is 6.93. The van der Waals surface area contributed by atoms with Gasteiger partial charge in [0.25, 0.3) is 0 Å². The summed E-state index contributed by atoms with van der Waals surface area (Å²) in [6.45, 7) is 9.20. The molecule has 2 aliphatic rings. The molecule has 2 N–H and O–H groups in total. The third kappa shape index (κ3) is 3.01. The highest BCUT2D eigenvalue weighted by molar-refractivity contribution is 4.93. The largest absolute Gasteiger partial charge is 0.392 e. The van der Waals surface area contributed by atoms with Crippen LogP contribution in [0.4, 0.5) is 0 Å². The van der Waals surface area contributed by atoms with Gasteiger partial charge in [-0.2, -0.15) is 0 Å². The molecular weight excluding hydrogens is 214 g/mol. The minimum atomic E-state index is -0.468. The van der Waals surface area contributed by atoms with E-state index in [1.165, 1.54) is 0 Å². The van der Waals surface area contributed by atoms with Crippen LogP contribution in [-0.4, -0.2) is 46.5 Å². The second kappa shape index (κ2) is 4.52. The number of likely N-dealkylation sites (tertiary alicyclic amines) is 1. The Balaban J connectivity index is 1.83. The summed E-state index contributed by atoms with van der Waals surface area (Å²) in [5.74, 6) is 0.424. The molecule has 3 nitrogen and oxygen atoms in total. The molecule has 2 rings (SSSR count). The SMILES string of the molecule is CC1(O)CCN(CC2CCC(C)(C)C2O)CC1. The zero-order valence-corrected chi connectivity index (χ0v) is 11.4. The lowest BCUT2D eigenvalue weighted by Gasteiger charge is -2.38. The third-order valence-corrected chi connectivity index (χ3v) is 4.83. The molecule has 0 radical (unpaired) electrons. The number of piperidine rings is 1. The molecule has 2 unspecified atom stereocenters. The first-order valence-electron chi connectivity index (χ1n) is 6.93. The smallest absolute Gasteiger partial charge is 0.0644 e. The summed E-state index contributed by atoms with van der Waals surface area (Å²) in [6.07, 6.45) is 3.83. The van der Waals surface area contributed by atoms with Crippen molar-refractivity contribution in [2.45, 2.75) is 58.2 Å². The van der Waals surface area contributed by atoms with E-state index < -0.39 is 5.60 Å². The maximum Gasteiger partial charge on any atom is 0.0644 e. The first kappa shape index (κ1) is 13.3. The van der Waals surface area contributed by atoms with Crippen LogP contribution in [0.5, 0.6) is 0 Å². The van der Waals surface area contributed by atoms with Crippen molar-refractivity contribution in [2.75, 3.05) is 19.6 Å². The molecule has 2 fully saturated rings. The zero-order valence-electron chi connectivity index (χ0n) is 11.4. The quantitative estimate of drug-likeness (QED) is 0.772. The molecule has 100 valence electrons. The molecule has 17 heavy (non-hydrogen) atoms. The predicted octanol–water partition coefficient (Wildman–Crippen LogP) is 1.63. The van der Waals surface area contributed by atoms with Gasteiger partial charge in [0.05, 0.1) is 11.7 Å². The van der Waals surface area contributed by atoms with Gasteiger partial charge in [-0.3, -0.25) is 0 Å². The molecule has 1 saturated heterocycles. The molecule has 3 heteroatoms. The summed E-state index contributed by atoms with van der Waals surface area (Å²) in [5.41, 5.74) is -0.379. The van der Waals surface area contributed by atoms with Gasteiger partial charge in [0.2, 0.25) is 0 Å². The summed E-state index contributed by atoms with van der Waals surface area (Å²) in [6, 6.07) is 0. The van der Waals surface area contributed by atoms with E-state index in [-0.39, 0.29) is 11.5 Å². The Morgan fingerprint density at radius 2 is 1.71 bits per heavy atom. The van der Waals surface area contributed by atoms with Crippen LogP contribution in [0.1, 0.15) is 46.5 Å². The van der Waals surface area contributed by atoms with E-state index in [2.05, 4.69) is 18.7 Å². The maximum atomic E-state index is 10.3. The Morgan fingerprint density at radius 1 is 1.12 bits per heavy atom. The van der Waals surface area contributed by atoms with Crippen molar-refractivity contribution in [3.63, 3.8) is 0 Å². The van der Waals surface area contributed by atoms with Crippen molar-refractivity contribution in [2.24, 2.45) is 11.3 Å². The van der Waals surface area contributed by atoms with Crippen molar-refractivity contribution in [1.82, 2.24) is 4.90 Å². The summed E-state index contributed by atoms with van der Waals surface area (Å²) in [4.78, 5) is 2.41. The number of aliphatic hydroxyl groups excluding tert-OH is 1. The molecule has 0 amide bonds. The lowest BCUT2D eigenvalue weighted by atomic mass is 9.87. The molecular formula is C14H27NO2. The van der Waals surface area contributed by atoms with Crippen LogP contribution in [0.3, 0.4) is 0 Å². The monoisotopic (exact) mass is 241 g/mol. The van der Waals surface area contributed by atoms with Gasteiger partial charge in [-0.05, 0) is 43.9 Å². The molecule has 1 saturated carbocycles. The van der Waals surface area contributed by atoms with E-state index in [0.717, 1.165) is 45.3 Å². The summed E-state index contributed by atoms with van der Waals surface area (Å²) < 4.78 is 0. The normalized spacial score (nSPS) is 37.2. The minimum Gasteiger partial charge on any atom is -0.392 e. The lowest BCUT2D eigenvalue weighted by Crippen LogP contribution is -2.45. The number of hydrogen-bond donors (Lipinski definition) is 2. The van der Waals surface area contributed by atoms with Gasteiger partial charge >= 0.3 is 0 Å². The lowest BCUT2D eigenvalue weighted by molar-refractivity contribution is -0.0196. The van der Waals surface area contributed by atoms with Crippen LogP contribution < -0.4 is 0 Å². The van der Waals surface area contributed by atoms with Crippen LogP contribution in [0.2, 0.25) is 0 Å². The molecule has 0 aromatic rings. The van der Waals surface area contributed by atoms with Gasteiger partial charge in [-0.1, -0.05) is 13.8 Å². The van der Waals surface area contributed by atoms with Gasteiger partial charge in [-0.15, -0.1) is 0 Å².